The van der Waals surface area contributed by atoms with E-state index in [9.17, 15) is 9.59 Å². The molecule has 126 valence electrons. The van der Waals surface area contributed by atoms with E-state index in [1.54, 1.807) is 13.0 Å². The second-order valence-corrected chi connectivity index (χ2v) is 6.57. The van der Waals surface area contributed by atoms with Gasteiger partial charge in [0.2, 0.25) is 0 Å². The van der Waals surface area contributed by atoms with Crippen molar-refractivity contribution in [2.45, 2.75) is 45.4 Å². The molecule has 0 spiro atoms. The van der Waals surface area contributed by atoms with E-state index in [-0.39, 0.29) is 12.4 Å². The first kappa shape index (κ1) is 16.7. The highest BCUT2D eigenvalue weighted by Gasteiger charge is 2.55. The van der Waals surface area contributed by atoms with E-state index < -0.39 is 11.4 Å². The number of fused-ring (bicyclic) bond motifs is 1. The molecule has 0 bridgehead atoms. The number of carbonyl (C=O) groups is 2. The molecular formula is C21H24O3. The Kier molecular flexibility index (Phi) is 4.70. The molecule has 0 amide bonds. The smallest absolute Gasteiger partial charge is 0.324 e. The number of hydrogen-bond donors (Lipinski definition) is 0. The Balaban J connectivity index is 2.16. The Labute approximate surface area is 143 Å². The maximum Gasteiger partial charge on any atom is 0.324 e. The molecule has 3 heteroatoms. The van der Waals surface area contributed by atoms with Crippen LogP contribution in [-0.4, -0.2) is 18.4 Å². The molecule has 0 N–H and O–H groups in total. The van der Waals surface area contributed by atoms with Crippen molar-refractivity contribution < 1.29 is 14.3 Å². The minimum Gasteiger partial charge on any atom is -0.465 e. The molecule has 1 aromatic carbocycles. The van der Waals surface area contributed by atoms with Crippen molar-refractivity contribution in [3.8, 4) is 0 Å². The monoisotopic (exact) mass is 324 g/mol. The molecule has 0 radical (unpaired) electrons. The van der Waals surface area contributed by atoms with Gasteiger partial charge in [-0.1, -0.05) is 48.9 Å². The summed E-state index contributed by atoms with van der Waals surface area (Å²) in [5.41, 5.74) is 2.31. The van der Waals surface area contributed by atoms with Crippen molar-refractivity contribution in [1.29, 1.82) is 0 Å². The summed E-state index contributed by atoms with van der Waals surface area (Å²) >= 11 is 0. The van der Waals surface area contributed by atoms with Crippen molar-refractivity contribution in [2.75, 3.05) is 6.61 Å². The summed E-state index contributed by atoms with van der Waals surface area (Å²) in [4.78, 5) is 26.3. The van der Waals surface area contributed by atoms with Crippen LogP contribution in [-0.2, 0) is 16.0 Å². The van der Waals surface area contributed by atoms with Crippen molar-refractivity contribution in [3.63, 3.8) is 0 Å². The van der Waals surface area contributed by atoms with E-state index >= 15 is 0 Å². The molecule has 2 aliphatic rings. The van der Waals surface area contributed by atoms with Crippen LogP contribution in [0.15, 0.2) is 48.1 Å². The van der Waals surface area contributed by atoms with E-state index in [2.05, 4.69) is 6.58 Å². The Bertz CT molecular complexity index is 706. The molecule has 0 heterocycles. The first-order valence-corrected chi connectivity index (χ1v) is 8.80. The topological polar surface area (TPSA) is 43.4 Å². The van der Waals surface area contributed by atoms with Gasteiger partial charge in [-0.3, -0.25) is 9.59 Å². The summed E-state index contributed by atoms with van der Waals surface area (Å²) in [5, 5.41) is 0. The van der Waals surface area contributed by atoms with Crippen LogP contribution >= 0.6 is 0 Å². The summed E-state index contributed by atoms with van der Waals surface area (Å²) in [6.07, 6.45) is 7.39. The number of benzene rings is 1. The van der Waals surface area contributed by atoms with Crippen LogP contribution in [0.2, 0.25) is 0 Å². The van der Waals surface area contributed by atoms with Crippen molar-refractivity contribution in [3.05, 3.63) is 59.2 Å². The standard InChI is InChI=1S/C21H24O3/c1-3-18(15-10-6-5-7-11-15)21(20(23)24-4-2)14-16-12-8-9-13-17(16)19(21)22/h3,8-9,12-13H,1,4-7,10-11,14H2,2H3/t21-/m1/s1. The molecule has 1 saturated carbocycles. The molecular weight excluding hydrogens is 300 g/mol. The van der Waals surface area contributed by atoms with Gasteiger partial charge in [-0.15, -0.1) is 0 Å². The lowest BCUT2D eigenvalue weighted by Gasteiger charge is -2.30. The molecule has 1 fully saturated rings. The van der Waals surface area contributed by atoms with Gasteiger partial charge in [-0.05, 0) is 43.7 Å². The first-order chi connectivity index (χ1) is 11.6. The summed E-state index contributed by atoms with van der Waals surface area (Å²) in [6.45, 7) is 5.99. The lowest BCUT2D eigenvalue weighted by Crippen LogP contribution is -2.41. The predicted octanol–water partition coefficient (Wildman–Crippen LogP) is 4.42. The number of rotatable bonds is 4. The van der Waals surface area contributed by atoms with Gasteiger partial charge in [0.1, 0.15) is 0 Å². The number of ketones is 1. The highest BCUT2D eigenvalue weighted by molar-refractivity contribution is 6.18. The number of Topliss-reactive ketones (excluding diaryl/α,β-unsaturated/α-hetero) is 1. The Morgan fingerprint density at radius 2 is 1.96 bits per heavy atom. The molecule has 0 aliphatic heterocycles. The second-order valence-electron chi connectivity index (χ2n) is 6.57. The molecule has 3 nitrogen and oxygen atoms in total. The quantitative estimate of drug-likeness (QED) is 0.608. The van der Waals surface area contributed by atoms with Gasteiger partial charge in [0.05, 0.1) is 6.61 Å². The number of carbonyl (C=O) groups excluding carboxylic acids is 2. The van der Waals surface area contributed by atoms with Crippen LogP contribution < -0.4 is 0 Å². The molecule has 0 unspecified atom stereocenters. The van der Waals surface area contributed by atoms with E-state index in [1.165, 1.54) is 12.0 Å². The molecule has 1 aromatic rings. The van der Waals surface area contributed by atoms with E-state index in [1.807, 2.05) is 24.3 Å². The van der Waals surface area contributed by atoms with E-state index in [0.717, 1.165) is 36.8 Å². The van der Waals surface area contributed by atoms with Crippen LogP contribution in [0.4, 0.5) is 0 Å². The van der Waals surface area contributed by atoms with Gasteiger partial charge in [0.25, 0.3) is 0 Å². The fourth-order valence-corrected chi connectivity index (χ4v) is 4.11. The van der Waals surface area contributed by atoms with Crippen LogP contribution in [0, 0.1) is 5.41 Å². The fraction of sp³-hybridized carbons (Fsp3) is 0.429. The third-order valence-corrected chi connectivity index (χ3v) is 5.23. The Morgan fingerprint density at radius 3 is 2.58 bits per heavy atom. The van der Waals surface area contributed by atoms with E-state index in [0.29, 0.717) is 12.0 Å². The fourth-order valence-electron chi connectivity index (χ4n) is 4.11. The van der Waals surface area contributed by atoms with Gasteiger partial charge in [0, 0.05) is 12.0 Å². The van der Waals surface area contributed by atoms with Crippen LogP contribution in [0.1, 0.15) is 54.9 Å². The van der Waals surface area contributed by atoms with E-state index in [4.69, 9.17) is 4.74 Å². The lowest BCUT2D eigenvalue weighted by atomic mass is 9.72. The maximum atomic E-state index is 13.3. The van der Waals surface area contributed by atoms with Crippen molar-refractivity contribution in [1.82, 2.24) is 0 Å². The molecule has 0 aromatic heterocycles. The third-order valence-electron chi connectivity index (χ3n) is 5.23. The van der Waals surface area contributed by atoms with Crippen LogP contribution in [0.25, 0.3) is 0 Å². The van der Waals surface area contributed by atoms with Crippen molar-refractivity contribution in [2.24, 2.45) is 5.41 Å². The van der Waals surface area contributed by atoms with Crippen molar-refractivity contribution >= 4 is 11.8 Å². The predicted molar refractivity (Wildman–Crippen MR) is 93.9 cm³/mol. The molecule has 1 atom stereocenters. The minimum atomic E-state index is -1.24. The van der Waals surface area contributed by atoms with Crippen LogP contribution in [0.5, 0.6) is 0 Å². The first-order valence-electron chi connectivity index (χ1n) is 8.80. The summed E-state index contributed by atoms with van der Waals surface area (Å²) in [7, 11) is 0. The largest absolute Gasteiger partial charge is 0.465 e. The summed E-state index contributed by atoms with van der Waals surface area (Å²) < 4.78 is 5.36. The molecule has 24 heavy (non-hydrogen) atoms. The van der Waals surface area contributed by atoms with Gasteiger partial charge in [-0.2, -0.15) is 0 Å². The Morgan fingerprint density at radius 1 is 1.25 bits per heavy atom. The van der Waals surface area contributed by atoms with Gasteiger partial charge in [0.15, 0.2) is 11.2 Å². The van der Waals surface area contributed by atoms with Gasteiger partial charge < -0.3 is 4.74 Å². The highest BCUT2D eigenvalue weighted by atomic mass is 16.5. The average Bonchev–Trinajstić information content (AvgIpc) is 2.91. The molecule has 3 rings (SSSR count). The molecule has 0 saturated heterocycles. The zero-order valence-corrected chi connectivity index (χ0v) is 14.3. The normalized spacial score (nSPS) is 22.9. The zero-order chi connectivity index (χ0) is 17.2. The van der Waals surface area contributed by atoms with Gasteiger partial charge in [-0.25, -0.2) is 0 Å². The highest BCUT2D eigenvalue weighted by Crippen LogP contribution is 2.47. The minimum absolute atomic E-state index is 0.135. The summed E-state index contributed by atoms with van der Waals surface area (Å²) in [6, 6.07) is 7.50. The maximum absolute atomic E-state index is 13.3. The second kappa shape index (κ2) is 6.76. The van der Waals surface area contributed by atoms with Gasteiger partial charge >= 0.3 is 5.97 Å². The average molecular weight is 324 g/mol. The third kappa shape index (κ3) is 2.52. The summed E-state index contributed by atoms with van der Waals surface area (Å²) in [5.74, 6) is -0.566. The number of hydrogen-bond acceptors (Lipinski definition) is 3. The lowest BCUT2D eigenvalue weighted by molar-refractivity contribution is -0.150. The SMILES string of the molecule is C=CC(=C1CCCCC1)[C@]1(C(=O)OCC)Cc2ccccc2C1=O. The molecule has 2 aliphatic carbocycles. The Hall–Kier alpha value is -2.16. The zero-order valence-electron chi connectivity index (χ0n) is 14.3. The number of esters is 1. The number of allylic oxidation sites excluding steroid dienone is 2. The number of ether oxygens (including phenoxy) is 1. The van der Waals surface area contributed by atoms with Crippen LogP contribution in [0.3, 0.4) is 0 Å².